The molecule has 44 heavy (non-hydrogen) atoms. The first kappa shape index (κ1) is 33.0. The van der Waals surface area contributed by atoms with Gasteiger partial charge in [-0.25, -0.2) is 22.1 Å². The SMILES string of the molecule is COC(=O)c1c(-c2ccc(F)cc2)nn2cc(N(CCO[Si](C)(C)C(C)(C)C)S(C)(=O)=O)c(-c3cccc(C(C)=O)c3)cc12. The van der Waals surface area contributed by atoms with Crippen molar-refractivity contribution in [1.29, 1.82) is 0 Å². The van der Waals surface area contributed by atoms with Crippen molar-refractivity contribution in [3.05, 3.63) is 77.7 Å². The van der Waals surface area contributed by atoms with E-state index < -0.39 is 30.1 Å². The van der Waals surface area contributed by atoms with E-state index in [1.807, 2.05) is 0 Å². The van der Waals surface area contributed by atoms with E-state index in [-0.39, 0.29) is 40.9 Å². The summed E-state index contributed by atoms with van der Waals surface area (Å²) in [7, 11) is -4.79. The van der Waals surface area contributed by atoms with Crippen molar-refractivity contribution in [2.75, 3.05) is 30.8 Å². The summed E-state index contributed by atoms with van der Waals surface area (Å²) in [6, 6.07) is 14.0. The first-order chi connectivity index (χ1) is 20.4. The zero-order valence-electron chi connectivity index (χ0n) is 26.3. The number of carbonyl (C=O) groups is 2. The van der Waals surface area contributed by atoms with Gasteiger partial charge in [0.05, 0.1) is 43.9 Å². The van der Waals surface area contributed by atoms with E-state index in [9.17, 15) is 22.4 Å². The summed E-state index contributed by atoms with van der Waals surface area (Å²) in [6.07, 6.45) is 2.66. The van der Waals surface area contributed by atoms with Gasteiger partial charge in [0.2, 0.25) is 10.0 Å². The Morgan fingerprint density at radius 3 is 2.27 bits per heavy atom. The zero-order valence-corrected chi connectivity index (χ0v) is 28.1. The molecule has 234 valence electrons. The van der Waals surface area contributed by atoms with E-state index in [0.29, 0.717) is 27.8 Å². The maximum Gasteiger partial charge on any atom is 0.342 e. The van der Waals surface area contributed by atoms with Gasteiger partial charge in [0, 0.05) is 16.7 Å². The average molecular weight is 640 g/mol. The van der Waals surface area contributed by atoms with E-state index >= 15 is 0 Å². The number of hydrogen-bond donors (Lipinski definition) is 0. The van der Waals surface area contributed by atoms with E-state index in [2.05, 4.69) is 39.0 Å². The molecular formula is C32H38FN3O6SSi. The number of Topliss-reactive ketones (excluding diaryl/α,β-unsaturated/α-hetero) is 1. The van der Waals surface area contributed by atoms with Gasteiger partial charge >= 0.3 is 5.97 Å². The summed E-state index contributed by atoms with van der Waals surface area (Å²) < 4.78 is 54.6. The molecule has 9 nitrogen and oxygen atoms in total. The van der Waals surface area contributed by atoms with Crippen LogP contribution in [-0.2, 0) is 19.2 Å². The van der Waals surface area contributed by atoms with Crippen molar-refractivity contribution in [1.82, 2.24) is 9.61 Å². The normalized spacial score (nSPS) is 12.4. The number of fused-ring (bicyclic) bond motifs is 1. The lowest BCUT2D eigenvalue weighted by molar-refractivity contribution is 0.0603. The highest BCUT2D eigenvalue weighted by Crippen LogP contribution is 2.39. The molecule has 0 fully saturated rings. The molecule has 0 aliphatic carbocycles. The van der Waals surface area contributed by atoms with Crippen molar-refractivity contribution < 1.29 is 31.6 Å². The van der Waals surface area contributed by atoms with Crippen LogP contribution in [-0.4, -0.2) is 64.6 Å². The van der Waals surface area contributed by atoms with E-state index in [1.165, 1.54) is 53.3 Å². The molecule has 0 N–H and O–H groups in total. The van der Waals surface area contributed by atoms with E-state index in [4.69, 9.17) is 9.16 Å². The highest BCUT2D eigenvalue weighted by molar-refractivity contribution is 7.92. The van der Waals surface area contributed by atoms with Crippen LogP contribution in [0.15, 0.2) is 60.8 Å². The minimum Gasteiger partial charge on any atom is -0.465 e. The summed E-state index contributed by atoms with van der Waals surface area (Å²) in [5, 5.41) is 4.56. The number of nitrogens with zero attached hydrogens (tertiary/aromatic N) is 3. The molecule has 0 atom stereocenters. The fourth-order valence-corrected chi connectivity index (χ4v) is 6.54. The Bertz CT molecular complexity index is 1830. The molecule has 0 bridgehead atoms. The second kappa shape index (κ2) is 12.3. The smallest absolute Gasteiger partial charge is 0.342 e. The van der Waals surface area contributed by atoms with Crippen LogP contribution in [0.4, 0.5) is 10.1 Å². The molecule has 0 radical (unpaired) electrons. The minimum atomic E-state index is -3.85. The van der Waals surface area contributed by atoms with Crippen LogP contribution in [0.5, 0.6) is 0 Å². The standard InChI is InChI=1S/C32H38FN3O6SSi/c1-21(37)23-10-9-11-24(18-23)26-19-27-29(31(38)41-5)30(22-12-14-25(33)15-13-22)34-35(27)20-28(26)36(43(6,39)40)16-17-42-44(7,8)32(2,3)4/h9-15,18-20H,16-17H2,1-8H3. The van der Waals surface area contributed by atoms with Crippen LogP contribution < -0.4 is 4.31 Å². The summed E-state index contributed by atoms with van der Waals surface area (Å²) in [5.41, 5.74) is 2.92. The largest absolute Gasteiger partial charge is 0.465 e. The molecule has 2 heterocycles. The van der Waals surface area contributed by atoms with Gasteiger partial charge in [-0.05, 0) is 67.0 Å². The zero-order chi connectivity index (χ0) is 32.6. The van der Waals surface area contributed by atoms with Crippen LogP contribution in [0.3, 0.4) is 0 Å². The number of methoxy groups -OCH3 is 1. The second-order valence-electron chi connectivity index (χ2n) is 12.2. The third kappa shape index (κ3) is 6.77. The molecule has 0 saturated heterocycles. The third-order valence-corrected chi connectivity index (χ3v) is 13.8. The fourth-order valence-electron chi connectivity index (χ4n) is 4.59. The minimum absolute atomic E-state index is 0.0200. The van der Waals surface area contributed by atoms with Gasteiger partial charge in [-0.3, -0.25) is 9.10 Å². The second-order valence-corrected chi connectivity index (χ2v) is 18.9. The Hall–Kier alpha value is -3.87. The Morgan fingerprint density at radius 2 is 1.70 bits per heavy atom. The lowest BCUT2D eigenvalue weighted by atomic mass is 9.99. The van der Waals surface area contributed by atoms with Crippen LogP contribution in [0.1, 0.15) is 48.4 Å². The average Bonchev–Trinajstić information content (AvgIpc) is 3.31. The molecule has 4 rings (SSSR count). The third-order valence-electron chi connectivity index (χ3n) is 8.07. The van der Waals surface area contributed by atoms with Crippen LogP contribution in [0.25, 0.3) is 27.9 Å². The number of sulfonamides is 1. The topological polar surface area (TPSA) is 107 Å². The number of carbonyl (C=O) groups excluding carboxylic acids is 2. The Kier molecular flexibility index (Phi) is 9.20. The van der Waals surface area contributed by atoms with Gasteiger partial charge in [-0.15, -0.1) is 0 Å². The summed E-state index contributed by atoms with van der Waals surface area (Å²) in [6.45, 7) is 12.1. The van der Waals surface area contributed by atoms with Gasteiger partial charge in [0.15, 0.2) is 14.1 Å². The van der Waals surface area contributed by atoms with Crippen LogP contribution in [0.2, 0.25) is 18.1 Å². The van der Waals surface area contributed by atoms with Gasteiger partial charge < -0.3 is 9.16 Å². The number of benzene rings is 2. The lowest BCUT2D eigenvalue weighted by Gasteiger charge is -2.37. The highest BCUT2D eigenvalue weighted by atomic mass is 32.2. The molecule has 2 aromatic carbocycles. The summed E-state index contributed by atoms with van der Waals surface area (Å²) in [5.74, 6) is -1.27. The van der Waals surface area contributed by atoms with Gasteiger partial charge in [-0.1, -0.05) is 39.0 Å². The highest BCUT2D eigenvalue weighted by Gasteiger charge is 2.37. The molecule has 0 spiro atoms. The molecule has 0 aliphatic heterocycles. The molecule has 0 unspecified atom stereocenters. The monoisotopic (exact) mass is 639 g/mol. The van der Waals surface area contributed by atoms with Gasteiger partial charge in [-0.2, -0.15) is 5.10 Å². The molecule has 12 heteroatoms. The number of anilines is 1. The van der Waals surface area contributed by atoms with Crippen LogP contribution >= 0.6 is 0 Å². The van der Waals surface area contributed by atoms with Crippen molar-refractivity contribution >= 4 is 41.3 Å². The van der Waals surface area contributed by atoms with Gasteiger partial charge in [0.25, 0.3) is 0 Å². The Labute approximate surface area is 258 Å². The quantitative estimate of drug-likeness (QED) is 0.110. The van der Waals surface area contributed by atoms with Crippen molar-refractivity contribution in [2.24, 2.45) is 0 Å². The summed E-state index contributed by atoms with van der Waals surface area (Å²) in [4.78, 5) is 25.4. The number of halogens is 1. The number of ketones is 1. The Balaban J connectivity index is 1.99. The molecule has 4 aromatic rings. The predicted molar refractivity (Wildman–Crippen MR) is 173 cm³/mol. The molecule has 2 aromatic heterocycles. The van der Waals surface area contributed by atoms with Crippen LogP contribution in [0, 0.1) is 5.82 Å². The number of hydrogen-bond acceptors (Lipinski definition) is 7. The lowest BCUT2D eigenvalue weighted by Crippen LogP contribution is -2.43. The maximum atomic E-state index is 13.7. The molecule has 0 amide bonds. The van der Waals surface area contributed by atoms with Crippen molar-refractivity contribution in [3.63, 3.8) is 0 Å². The number of rotatable bonds is 10. The van der Waals surface area contributed by atoms with Crippen molar-refractivity contribution in [3.8, 4) is 22.4 Å². The van der Waals surface area contributed by atoms with Crippen molar-refractivity contribution in [2.45, 2.75) is 45.8 Å². The maximum absolute atomic E-state index is 13.7. The van der Waals surface area contributed by atoms with E-state index in [1.54, 1.807) is 30.3 Å². The number of ether oxygens (including phenoxy) is 1. The fraction of sp³-hybridized carbons (Fsp3) is 0.344. The molecular weight excluding hydrogens is 602 g/mol. The van der Waals surface area contributed by atoms with Gasteiger partial charge in [0.1, 0.15) is 17.1 Å². The molecule has 0 aliphatic rings. The Morgan fingerprint density at radius 1 is 1.05 bits per heavy atom. The number of esters is 1. The molecule has 0 saturated carbocycles. The number of aromatic nitrogens is 2. The summed E-state index contributed by atoms with van der Waals surface area (Å²) >= 11 is 0. The first-order valence-corrected chi connectivity index (χ1v) is 18.8. The predicted octanol–water partition coefficient (Wildman–Crippen LogP) is 6.58. The first-order valence-electron chi connectivity index (χ1n) is 14.1. The number of pyridine rings is 1. The van der Waals surface area contributed by atoms with E-state index in [0.717, 1.165) is 6.26 Å².